The summed E-state index contributed by atoms with van der Waals surface area (Å²) in [5.41, 5.74) is 3.25. The molecule has 0 N–H and O–H groups in total. The fourth-order valence-electron chi connectivity index (χ4n) is 5.82. The van der Waals surface area contributed by atoms with E-state index < -0.39 is 10.0 Å². The molecule has 6 rings (SSSR count). The van der Waals surface area contributed by atoms with Gasteiger partial charge in [0.25, 0.3) is 10.0 Å². The molecule has 1 fully saturated rings. The zero-order valence-corrected chi connectivity index (χ0v) is 23.7. The Bertz CT molecular complexity index is 1520. The van der Waals surface area contributed by atoms with Crippen molar-refractivity contribution in [3.63, 3.8) is 0 Å². The number of benzene rings is 4. The molecule has 0 saturated carbocycles. The fourth-order valence-corrected chi connectivity index (χ4v) is 7.31. The van der Waals surface area contributed by atoms with Crippen LogP contribution in [0.2, 0.25) is 0 Å². The van der Waals surface area contributed by atoms with Gasteiger partial charge in [0, 0.05) is 0 Å². The van der Waals surface area contributed by atoms with Crippen molar-refractivity contribution in [3.8, 4) is 5.75 Å². The summed E-state index contributed by atoms with van der Waals surface area (Å²) >= 11 is 0. The lowest BCUT2D eigenvalue weighted by Gasteiger charge is -2.32. The van der Waals surface area contributed by atoms with Crippen LogP contribution < -0.4 is 9.04 Å². The minimum Gasteiger partial charge on any atom is -0.489 e. The number of fused-ring (bicyclic) bond motifs is 2. The Kier molecular flexibility index (Phi) is 8.46. The molecule has 0 unspecified atom stereocenters. The Morgan fingerprint density at radius 3 is 2.33 bits per heavy atom. The normalized spacial score (nSPS) is 16.4. The number of likely N-dealkylation sites (tertiary alicyclic amines) is 1. The van der Waals surface area contributed by atoms with E-state index in [0.717, 1.165) is 48.8 Å². The third kappa shape index (κ3) is 5.93. The van der Waals surface area contributed by atoms with Gasteiger partial charge in [-0.15, -0.1) is 12.4 Å². The molecule has 0 aromatic heterocycles. The summed E-state index contributed by atoms with van der Waals surface area (Å²) in [6, 6.07) is 30.1. The van der Waals surface area contributed by atoms with Gasteiger partial charge in [0.15, 0.2) is 0 Å². The van der Waals surface area contributed by atoms with Gasteiger partial charge in [0.2, 0.25) is 0 Å². The third-order valence-electron chi connectivity index (χ3n) is 7.95. The monoisotopic (exact) mass is 562 g/mol. The fraction of sp³-hybridized carbons (Fsp3) is 0.312. The molecule has 204 valence electrons. The summed E-state index contributed by atoms with van der Waals surface area (Å²) in [5.74, 6) is 1.30. The lowest BCUT2D eigenvalue weighted by atomic mass is 9.89. The second-order valence-corrected chi connectivity index (χ2v) is 12.2. The number of halogens is 1. The summed E-state index contributed by atoms with van der Waals surface area (Å²) in [7, 11) is -3.70. The van der Waals surface area contributed by atoms with Crippen LogP contribution in [0.5, 0.6) is 5.75 Å². The van der Waals surface area contributed by atoms with Crippen LogP contribution >= 0.6 is 12.4 Å². The van der Waals surface area contributed by atoms with Crippen molar-refractivity contribution in [3.05, 3.63) is 102 Å². The lowest BCUT2D eigenvalue weighted by Crippen LogP contribution is -2.38. The first-order valence-electron chi connectivity index (χ1n) is 13.6. The van der Waals surface area contributed by atoms with Crippen LogP contribution in [0.25, 0.3) is 10.8 Å². The summed E-state index contributed by atoms with van der Waals surface area (Å²) in [4.78, 5) is 2.88. The van der Waals surface area contributed by atoms with Crippen LogP contribution in [0.3, 0.4) is 0 Å². The van der Waals surface area contributed by atoms with Gasteiger partial charge < -0.3 is 9.64 Å². The minimum atomic E-state index is -3.70. The van der Waals surface area contributed by atoms with Gasteiger partial charge >= 0.3 is 0 Å². The highest BCUT2D eigenvalue weighted by atomic mass is 35.5. The second kappa shape index (κ2) is 12.0. The highest BCUT2D eigenvalue weighted by Gasteiger charge is 2.30. The van der Waals surface area contributed by atoms with E-state index in [2.05, 4.69) is 41.3 Å². The van der Waals surface area contributed by atoms with E-state index in [1.807, 2.05) is 42.5 Å². The maximum Gasteiger partial charge on any atom is 0.264 e. The molecule has 7 heteroatoms. The molecule has 0 bridgehead atoms. The van der Waals surface area contributed by atoms with Crippen molar-refractivity contribution >= 4 is 38.9 Å². The Morgan fingerprint density at radius 1 is 0.795 bits per heavy atom. The zero-order chi connectivity index (χ0) is 26.0. The molecule has 5 nitrogen and oxygen atoms in total. The van der Waals surface area contributed by atoms with Crippen molar-refractivity contribution in [2.75, 3.05) is 37.1 Å². The molecule has 0 spiro atoms. The Labute approximate surface area is 237 Å². The predicted molar refractivity (Wildman–Crippen MR) is 161 cm³/mol. The average molecular weight is 563 g/mol. The van der Waals surface area contributed by atoms with Gasteiger partial charge in [-0.1, -0.05) is 66.7 Å². The van der Waals surface area contributed by atoms with Crippen molar-refractivity contribution in [2.45, 2.75) is 36.5 Å². The first-order valence-corrected chi connectivity index (χ1v) is 15.1. The Morgan fingerprint density at radius 2 is 1.54 bits per heavy atom. The number of hydrogen-bond acceptors (Lipinski definition) is 4. The second-order valence-electron chi connectivity index (χ2n) is 10.4. The maximum absolute atomic E-state index is 13.7. The van der Waals surface area contributed by atoms with Crippen LogP contribution in [0.15, 0.2) is 95.9 Å². The standard InChI is InChI=1S/C32H34N2O3S.ClH/c35-38(36,30-14-13-27-10-4-5-11-29(27)24-30)34-21-22-37-32-15-12-25(23-31(32)34)7-6-18-33-19-16-28(17-20-33)26-8-2-1-3-9-26;/h1-5,8-15,23-24,28H,6-7,16-22H2;1H. The molecule has 0 amide bonds. The summed E-state index contributed by atoms with van der Waals surface area (Å²) in [5, 5.41) is 1.95. The number of nitrogens with zero attached hydrogens (tertiary/aromatic N) is 2. The van der Waals surface area contributed by atoms with Gasteiger partial charge in [0.05, 0.1) is 17.1 Å². The largest absolute Gasteiger partial charge is 0.489 e. The topological polar surface area (TPSA) is 49.9 Å². The molecule has 0 atom stereocenters. The van der Waals surface area contributed by atoms with E-state index in [-0.39, 0.29) is 12.4 Å². The molecule has 1 saturated heterocycles. The number of anilines is 1. The number of sulfonamides is 1. The number of hydrogen-bond donors (Lipinski definition) is 0. The van der Waals surface area contributed by atoms with E-state index in [1.54, 1.807) is 12.1 Å². The molecule has 4 aromatic rings. The molecule has 2 aliphatic heterocycles. The number of rotatable bonds is 7. The molecule has 4 aromatic carbocycles. The third-order valence-corrected chi connectivity index (χ3v) is 9.76. The highest BCUT2D eigenvalue weighted by molar-refractivity contribution is 7.92. The summed E-state index contributed by atoms with van der Waals surface area (Å²) < 4.78 is 34.8. The molecule has 39 heavy (non-hydrogen) atoms. The minimum absolute atomic E-state index is 0. The van der Waals surface area contributed by atoms with E-state index in [1.165, 1.54) is 22.7 Å². The molecule has 2 aliphatic rings. The molecular formula is C32H35ClN2O3S. The average Bonchev–Trinajstić information content (AvgIpc) is 2.97. The Balaban J connectivity index is 0.00000308. The lowest BCUT2D eigenvalue weighted by molar-refractivity contribution is 0.210. The van der Waals surface area contributed by atoms with E-state index in [0.29, 0.717) is 35.4 Å². The van der Waals surface area contributed by atoms with Crippen molar-refractivity contribution in [2.24, 2.45) is 0 Å². The predicted octanol–water partition coefficient (Wildman–Crippen LogP) is 6.66. The Hall–Kier alpha value is -3.06. The zero-order valence-electron chi connectivity index (χ0n) is 22.0. The highest BCUT2D eigenvalue weighted by Crippen LogP contribution is 2.37. The first kappa shape index (κ1) is 27.5. The van der Waals surface area contributed by atoms with Crippen LogP contribution in [0.1, 0.15) is 36.3 Å². The number of piperidine rings is 1. The molecule has 2 heterocycles. The van der Waals surface area contributed by atoms with Crippen LogP contribution in [0.4, 0.5) is 5.69 Å². The summed E-state index contributed by atoms with van der Waals surface area (Å²) in [6.07, 6.45) is 4.38. The van der Waals surface area contributed by atoms with Gasteiger partial charge in [-0.25, -0.2) is 8.42 Å². The quantitative estimate of drug-likeness (QED) is 0.253. The summed E-state index contributed by atoms with van der Waals surface area (Å²) in [6.45, 7) is 3.99. The molecule has 0 radical (unpaired) electrons. The van der Waals surface area contributed by atoms with E-state index in [4.69, 9.17) is 4.74 Å². The number of ether oxygens (including phenoxy) is 1. The molecular weight excluding hydrogens is 528 g/mol. The van der Waals surface area contributed by atoms with Crippen LogP contribution in [0, 0.1) is 0 Å². The van der Waals surface area contributed by atoms with E-state index >= 15 is 0 Å². The van der Waals surface area contributed by atoms with E-state index in [9.17, 15) is 8.42 Å². The van der Waals surface area contributed by atoms with Crippen LogP contribution in [-0.4, -0.2) is 46.1 Å². The number of aryl methyl sites for hydroxylation is 1. The van der Waals surface area contributed by atoms with Gasteiger partial charge in [-0.3, -0.25) is 4.31 Å². The van der Waals surface area contributed by atoms with Crippen molar-refractivity contribution in [1.82, 2.24) is 4.90 Å². The SMILES string of the molecule is Cl.O=S(=O)(c1ccc2ccccc2c1)N1CCOc2ccc(CCCN3CCC(c4ccccc4)CC3)cc21. The first-order chi connectivity index (χ1) is 18.6. The maximum atomic E-state index is 13.7. The molecule has 0 aliphatic carbocycles. The van der Waals surface area contributed by atoms with Crippen molar-refractivity contribution < 1.29 is 13.2 Å². The van der Waals surface area contributed by atoms with Crippen LogP contribution in [-0.2, 0) is 16.4 Å². The van der Waals surface area contributed by atoms with Gasteiger partial charge in [-0.2, -0.15) is 0 Å². The van der Waals surface area contributed by atoms with Crippen molar-refractivity contribution in [1.29, 1.82) is 0 Å². The van der Waals surface area contributed by atoms with Gasteiger partial charge in [-0.05, 0) is 97.4 Å². The van der Waals surface area contributed by atoms with Gasteiger partial charge in [0.1, 0.15) is 12.4 Å². The smallest absolute Gasteiger partial charge is 0.264 e.